The van der Waals surface area contributed by atoms with Crippen molar-refractivity contribution in [3.05, 3.63) is 96.0 Å². The minimum absolute atomic E-state index is 0.307. The molecule has 0 aliphatic carbocycles. The molecule has 0 saturated heterocycles. The van der Waals surface area contributed by atoms with Gasteiger partial charge in [0.05, 0.1) is 0 Å². The van der Waals surface area contributed by atoms with Crippen molar-refractivity contribution in [3.8, 4) is 0 Å². The highest BCUT2D eigenvalue weighted by molar-refractivity contribution is 6.07. The minimum atomic E-state index is -0.422. The molecule has 4 nitrogen and oxygen atoms in total. The number of allylic oxidation sites excluding steroid dienone is 5. The molecule has 1 aliphatic rings. The van der Waals surface area contributed by atoms with Crippen LogP contribution in [0.5, 0.6) is 0 Å². The van der Waals surface area contributed by atoms with Crippen molar-refractivity contribution in [3.63, 3.8) is 0 Å². The lowest BCUT2D eigenvalue weighted by atomic mass is 10.0. The van der Waals surface area contributed by atoms with E-state index >= 15 is 0 Å². The van der Waals surface area contributed by atoms with Crippen molar-refractivity contribution in [1.82, 2.24) is 4.98 Å². The van der Waals surface area contributed by atoms with E-state index in [1.54, 1.807) is 12.3 Å². The van der Waals surface area contributed by atoms with Crippen molar-refractivity contribution in [2.45, 2.75) is 13.3 Å². The molecule has 0 bridgehead atoms. The molecule has 130 valence electrons. The molecule has 3 rings (SSSR count). The van der Waals surface area contributed by atoms with Crippen LogP contribution in [0.1, 0.15) is 23.7 Å². The van der Waals surface area contributed by atoms with Crippen LogP contribution in [0.25, 0.3) is 11.6 Å². The first kappa shape index (κ1) is 17.4. The number of carbonyl (C=O) groups excluding carboxylic acids is 1. The molecule has 2 heterocycles. The van der Waals surface area contributed by atoms with Crippen molar-refractivity contribution < 1.29 is 9.53 Å². The van der Waals surface area contributed by atoms with Crippen molar-refractivity contribution in [1.29, 1.82) is 0 Å². The lowest BCUT2D eigenvalue weighted by Crippen LogP contribution is -2.06. The highest BCUT2D eigenvalue weighted by Crippen LogP contribution is 2.19. The first-order chi connectivity index (χ1) is 12.7. The van der Waals surface area contributed by atoms with Gasteiger partial charge in [0, 0.05) is 18.3 Å². The molecule has 1 aromatic heterocycles. The zero-order valence-electron chi connectivity index (χ0n) is 14.6. The summed E-state index contributed by atoms with van der Waals surface area (Å²) in [4.78, 5) is 19.2. The number of aromatic nitrogens is 1. The Morgan fingerprint density at radius 3 is 2.73 bits per heavy atom. The zero-order chi connectivity index (χ0) is 18.4. The molecule has 0 saturated carbocycles. The van der Waals surface area contributed by atoms with Crippen LogP contribution in [0.4, 0.5) is 0 Å². The fourth-order valence-electron chi connectivity index (χ4n) is 2.50. The summed E-state index contributed by atoms with van der Waals surface area (Å²) in [6.45, 7) is 6.03. The first-order valence-electron chi connectivity index (χ1n) is 8.38. The van der Waals surface area contributed by atoms with E-state index in [4.69, 9.17) is 4.74 Å². The van der Waals surface area contributed by atoms with Crippen LogP contribution in [0.3, 0.4) is 0 Å². The third-order valence-electron chi connectivity index (χ3n) is 3.86. The number of esters is 1. The van der Waals surface area contributed by atoms with E-state index < -0.39 is 5.97 Å². The minimum Gasteiger partial charge on any atom is -0.406 e. The SMILES string of the molecule is C=C(/C=C\C=C/C)c1ccc(CC2=N/C(=C/c3ccc[nH]3)C(=O)O2)cc1. The topological polar surface area (TPSA) is 54.5 Å². The Bertz CT molecular complexity index is 912. The second kappa shape index (κ2) is 8.12. The lowest BCUT2D eigenvalue weighted by molar-refractivity contribution is -0.130. The molecule has 26 heavy (non-hydrogen) atoms. The number of carbonyl (C=O) groups is 1. The standard InChI is InChI=1S/C22H20N2O2/c1-3-4-5-7-16(2)18-11-9-17(10-12-18)14-21-24-20(22(25)26-21)15-19-8-6-13-23-19/h3-13,15,23H,2,14H2,1H3/b4-3-,7-5-,20-15+. The maximum Gasteiger partial charge on any atom is 0.363 e. The second-order valence-electron chi connectivity index (χ2n) is 5.83. The van der Waals surface area contributed by atoms with Gasteiger partial charge in [0.15, 0.2) is 5.70 Å². The Kier molecular flexibility index (Phi) is 5.44. The quantitative estimate of drug-likeness (QED) is 0.469. The maximum absolute atomic E-state index is 11.9. The van der Waals surface area contributed by atoms with E-state index in [1.807, 2.05) is 67.6 Å². The second-order valence-corrected chi connectivity index (χ2v) is 5.83. The number of hydrogen-bond donors (Lipinski definition) is 1. The summed E-state index contributed by atoms with van der Waals surface area (Å²) in [7, 11) is 0. The monoisotopic (exact) mass is 344 g/mol. The highest BCUT2D eigenvalue weighted by Gasteiger charge is 2.23. The molecular formula is C22H20N2O2. The zero-order valence-corrected chi connectivity index (χ0v) is 14.6. The third-order valence-corrected chi connectivity index (χ3v) is 3.86. The lowest BCUT2D eigenvalue weighted by Gasteiger charge is -2.04. The van der Waals surface area contributed by atoms with Gasteiger partial charge in [-0.25, -0.2) is 9.79 Å². The molecule has 1 aliphatic heterocycles. The van der Waals surface area contributed by atoms with Gasteiger partial charge in [-0.3, -0.25) is 0 Å². The van der Waals surface area contributed by atoms with E-state index in [-0.39, 0.29) is 0 Å². The fraction of sp³-hybridized carbons (Fsp3) is 0.0909. The summed E-state index contributed by atoms with van der Waals surface area (Å²) in [6.07, 6.45) is 11.8. The predicted molar refractivity (Wildman–Crippen MR) is 105 cm³/mol. The van der Waals surface area contributed by atoms with Crippen LogP contribution in [-0.4, -0.2) is 16.9 Å². The third kappa shape index (κ3) is 4.36. The average molecular weight is 344 g/mol. The number of cyclic esters (lactones) is 1. The Hall–Kier alpha value is -3.40. The van der Waals surface area contributed by atoms with Crippen LogP contribution in [0, 0.1) is 0 Å². The molecule has 0 amide bonds. The number of H-pyrrole nitrogens is 1. The number of ether oxygens (including phenoxy) is 1. The number of nitrogens with zero attached hydrogens (tertiary/aromatic N) is 1. The summed E-state index contributed by atoms with van der Waals surface area (Å²) >= 11 is 0. The highest BCUT2D eigenvalue weighted by atomic mass is 16.6. The Labute approximate surface area is 152 Å². The number of benzene rings is 1. The van der Waals surface area contributed by atoms with Crippen LogP contribution in [0.15, 0.2) is 84.2 Å². The van der Waals surface area contributed by atoms with Crippen molar-refractivity contribution in [2.24, 2.45) is 4.99 Å². The first-order valence-corrected chi connectivity index (χ1v) is 8.38. The largest absolute Gasteiger partial charge is 0.406 e. The van der Waals surface area contributed by atoms with Crippen LogP contribution in [0.2, 0.25) is 0 Å². The molecule has 0 unspecified atom stereocenters. The summed E-state index contributed by atoms with van der Waals surface area (Å²) in [5.41, 5.74) is 4.13. The van der Waals surface area contributed by atoms with E-state index in [2.05, 4.69) is 16.6 Å². The molecule has 0 spiro atoms. The summed E-state index contributed by atoms with van der Waals surface area (Å²) in [5.74, 6) is -0.0129. The van der Waals surface area contributed by atoms with Gasteiger partial charge in [0.25, 0.3) is 0 Å². The molecule has 1 N–H and O–H groups in total. The van der Waals surface area contributed by atoms with Gasteiger partial charge in [-0.1, -0.05) is 55.1 Å². The average Bonchev–Trinajstić information content (AvgIpc) is 3.26. The maximum atomic E-state index is 11.9. The molecule has 1 aromatic carbocycles. The fourth-order valence-corrected chi connectivity index (χ4v) is 2.50. The molecule has 0 radical (unpaired) electrons. The number of aromatic amines is 1. The van der Waals surface area contributed by atoms with Crippen molar-refractivity contribution in [2.75, 3.05) is 0 Å². The summed E-state index contributed by atoms with van der Waals surface area (Å²) < 4.78 is 5.26. The summed E-state index contributed by atoms with van der Waals surface area (Å²) in [6, 6.07) is 11.7. The Balaban J connectivity index is 1.68. The van der Waals surface area contributed by atoms with Crippen LogP contribution in [-0.2, 0) is 16.0 Å². The Morgan fingerprint density at radius 2 is 2.04 bits per heavy atom. The van der Waals surface area contributed by atoms with Gasteiger partial charge in [-0.05, 0) is 41.8 Å². The number of rotatable bonds is 6. The van der Waals surface area contributed by atoms with Gasteiger partial charge < -0.3 is 9.72 Å². The van der Waals surface area contributed by atoms with E-state index in [0.29, 0.717) is 18.0 Å². The number of nitrogens with one attached hydrogen (secondary N) is 1. The molecule has 0 atom stereocenters. The smallest absolute Gasteiger partial charge is 0.363 e. The van der Waals surface area contributed by atoms with Gasteiger partial charge in [0.2, 0.25) is 5.90 Å². The van der Waals surface area contributed by atoms with Gasteiger partial charge in [-0.15, -0.1) is 0 Å². The van der Waals surface area contributed by atoms with Crippen LogP contribution < -0.4 is 0 Å². The van der Waals surface area contributed by atoms with Gasteiger partial charge in [0.1, 0.15) is 0 Å². The van der Waals surface area contributed by atoms with Gasteiger partial charge in [-0.2, -0.15) is 0 Å². The van der Waals surface area contributed by atoms with E-state index in [9.17, 15) is 4.79 Å². The number of hydrogen-bond acceptors (Lipinski definition) is 3. The molecule has 2 aromatic rings. The summed E-state index contributed by atoms with van der Waals surface area (Å²) in [5, 5.41) is 0. The van der Waals surface area contributed by atoms with E-state index in [1.165, 1.54) is 0 Å². The van der Waals surface area contributed by atoms with Crippen LogP contribution >= 0.6 is 0 Å². The molecule has 4 heteroatoms. The normalized spacial score (nSPS) is 15.8. The number of aliphatic imine (C=N–C) groups is 1. The predicted octanol–water partition coefficient (Wildman–Crippen LogP) is 4.70. The van der Waals surface area contributed by atoms with Gasteiger partial charge >= 0.3 is 5.97 Å². The van der Waals surface area contributed by atoms with E-state index in [0.717, 1.165) is 22.4 Å². The molecule has 0 fully saturated rings. The Morgan fingerprint density at radius 1 is 1.23 bits per heavy atom. The van der Waals surface area contributed by atoms with Crippen molar-refractivity contribution >= 4 is 23.5 Å². The molecular weight excluding hydrogens is 324 g/mol.